The number of alkyl halides is 1. The number of carbonyl (C=O) groups is 1. The number of carboxylic acids is 1. The first-order valence-electron chi connectivity index (χ1n) is 4.17. The van der Waals surface area contributed by atoms with E-state index in [1.165, 1.54) is 12.1 Å². The van der Waals surface area contributed by atoms with Gasteiger partial charge in [0.2, 0.25) is 0 Å². The monoisotopic (exact) mass is 231 g/mol. The zero-order chi connectivity index (χ0) is 11.4. The Labute approximate surface area is 91.0 Å². The van der Waals surface area contributed by atoms with Gasteiger partial charge in [-0.05, 0) is 12.1 Å². The van der Waals surface area contributed by atoms with Gasteiger partial charge in [-0.3, -0.25) is 4.98 Å². The summed E-state index contributed by atoms with van der Waals surface area (Å²) in [6.45, 7) is 0. The van der Waals surface area contributed by atoms with E-state index in [0.29, 0.717) is 0 Å². The summed E-state index contributed by atoms with van der Waals surface area (Å²) < 4.78 is 0. The maximum atomic E-state index is 10.5. The van der Waals surface area contributed by atoms with E-state index in [9.17, 15) is 15.0 Å². The van der Waals surface area contributed by atoms with E-state index in [1.807, 2.05) is 0 Å². The fourth-order valence-corrected chi connectivity index (χ4v) is 1.16. The lowest BCUT2D eigenvalue weighted by Crippen LogP contribution is -2.20. The number of pyridine rings is 1. The predicted octanol–water partition coefficient (Wildman–Crippen LogP) is 0.413. The maximum absolute atomic E-state index is 10.5. The van der Waals surface area contributed by atoms with E-state index in [1.54, 1.807) is 0 Å². The summed E-state index contributed by atoms with van der Waals surface area (Å²) in [5.41, 5.74) is 0.208. The SMILES string of the molecule is O=C(O)c1ccc(C(O)C(O)CCl)nc1. The summed E-state index contributed by atoms with van der Waals surface area (Å²) in [6.07, 6.45) is -1.21. The molecule has 0 aliphatic carbocycles. The molecule has 2 atom stereocenters. The number of aliphatic hydroxyl groups excluding tert-OH is 2. The van der Waals surface area contributed by atoms with Gasteiger partial charge in [0.05, 0.1) is 23.2 Å². The van der Waals surface area contributed by atoms with Crippen LogP contribution < -0.4 is 0 Å². The Morgan fingerprint density at radius 2 is 2.13 bits per heavy atom. The van der Waals surface area contributed by atoms with E-state index < -0.39 is 18.2 Å². The van der Waals surface area contributed by atoms with Gasteiger partial charge >= 0.3 is 5.97 Å². The highest BCUT2D eigenvalue weighted by Gasteiger charge is 2.18. The minimum absolute atomic E-state index is 0.0197. The van der Waals surface area contributed by atoms with Gasteiger partial charge < -0.3 is 15.3 Å². The number of rotatable bonds is 4. The lowest BCUT2D eigenvalue weighted by atomic mass is 10.1. The van der Waals surface area contributed by atoms with Crippen LogP contribution >= 0.6 is 11.6 Å². The molecular weight excluding hydrogens is 222 g/mol. The first-order valence-corrected chi connectivity index (χ1v) is 4.71. The topological polar surface area (TPSA) is 90.7 Å². The Morgan fingerprint density at radius 1 is 1.47 bits per heavy atom. The summed E-state index contributed by atoms with van der Waals surface area (Å²) in [5.74, 6) is -1.22. The van der Waals surface area contributed by atoms with Crippen LogP contribution in [0, 0.1) is 0 Å². The van der Waals surface area contributed by atoms with Gasteiger partial charge in [0.25, 0.3) is 0 Å². The van der Waals surface area contributed by atoms with Crippen LogP contribution in [0.1, 0.15) is 22.2 Å². The highest BCUT2D eigenvalue weighted by molar-refractivity contribution is 6.18. The molecule has 1 aromatic rings. The van der Waals surface area contributed by atoms with Crippen molar-refractivity contribution in [1.82, 2.24) is 4.98 Å². The molecule has 0 amide bonds. The van der Waals surface area contributed by atoms with E-state index in [2.05, 4.69) is 4.98 Å². The molecule has 6 heteroatoms. The van der Waals surface area contributed by atoms with Crippen LogP contribution in [0.15, 0.2) is 18.3 Å². The second-order valence-corrected chi connectivity index (χ2v) is 3.25. The van der Waals surface area contributed by atoms with Crippen LogP contribution in [-0.4, -0.2) is 38.3 Å². The molecule has 82 valence electrons. The predicted molar refractivity (Wildman–Crippen MR) is 52.9 cm³/mol. The molecule has 0 bridgehead atoms. The molecule has 5 nitrogen and oxygen atoms in total. The molecule has 1 heterocycles. The lowest BCUT2D eigenvalue weighted by molar-refractivity contribution is 0.0299. The standard InChI is InChI=1S/C9H10ClNO4/c10-3-7(12)8(13)6-2-1-5(4-11-6)9(14)15/h1-2,4,7-8,12-13H,3H2,(H,14,15). The van der Waals surface area contributed by atoms with Crippen LogP contribution in [0.3, 0.4) is 0 Å². The van der Waals surface area contributed by atoms with Crippen LogP contribution in [-0.2, 0) is 0 Å². The molecule has 0 aliphatic rings. The zero-order valence-electron chi connectivity index (χ0n) is 7.67. The van der Waals surface area contributed by atoms with Crippen LogP contribution in [0.25, 0.3) is 0 Å². The third-order valence-corrected chi connectivity index (χ3v) is 2.18. The number of carboxylic acid groups (broad SMARTS) is 1. The normalized spacial score (nSPS) is 14.6. The largest absolute Gasteiger partial charge is 0.478 e. The van der Waals surface area contributed by atoms with Crippen LogP contribution in [0.5, 0.6) is 0 Å². The molecule has 0 saturated carbocycles. The smallest absolute Gasteiger partial charge is 0.337 e. The molecule has 0 saturated heterocycles. The number of aromatic carboxylic acids is 1. The van der Waals surface area contributed by atoms with Gasteiger partial charge in [-0.15, -0.1) is 11.6 Å². The van der Waals surface area contributed by atoms with Crippen molar-refractivity contribution in [3.63, 3.8) is 0 Å². The van der Waals surface area contributed by atoms with E-state index in [0.717, 1.165) is 6.20 Å². The van der Waals surface area contributed by atoms with E-state index in [4.69, 9.17) is 16.7 Å². The number of hydrogen-bond acceptors (Lipinski definition) is 4. The third kappa shape index (κ3) is 2.89. The third-order valence-electron chi connectivity index (χ3n) is 1.86. The lowest BCUT2D eigenvalue weighted by Gasteiger charge is -2.14. The minimum atomic E-state index is -1.20. The first kappa shape index (κ1) is 11.9. The summed E-state index contributed by atoms with van der Waals surface area (Å²) in [4.78, 5) is 14.2. The Balaban J connectivity index is 2.84. The van der Waals surface area contributed by atoms with Crippen molar-refractivity contribution >= 4 is 17.6 Å². The van der Waals surface area contributed by atoms with Crippen LogP contribution in [0.4, 0.5) is 0 Å². The number of nitrogens with zero attached hydrogens (tertiary/aromatic N) is 1. The number of hydrogen-bond donors (Lipinski definition) is 3. The number of aliphatic hydroxyl groups is 2. The summed E-state index contributed by atoms with van der Waals surface area (Å²) in [5, 5.41) is 27.3. The van der Waals surface area contributed by atoms with Gasteiger partial charge in [0, 0.05) is 6.20 Å². The molecule has 0 aliphatic heterocycles. The summed E-state index contributed by atoms with van der Waals surface area (Å²) in [6, 6.07) is 2.64. The fraction of sp³-hybridized carbons (Fsp3) is 0.333. The summed E-state index contributed by atoms with van der Waals surface area (Å²) >= 11 is 5.35. The maximum Gasteiger partial charge on any atom is 0.337 e. The minimum Gasteiger partial charge on any atom is -0.478 e. The second-order valence-electron chi connectivity index (χ2n) is 2.94. The van der Waals surface area contributed by atoms with Gasteiger partial charge in [0.1, 0.15) is 6.10 Å². The first-order chi connectivity index (χ1) is 7.06. The van der Waals surface area contributed by atoms with E-state index >= 15 is 0 Å². The molecule has 0 radical (unpaired) electrons. The Kier molecular flexibility index (Phi) is 4.02. The Morgan fingerprint density at radius 3 is 2.53 bits per heavy atom. The van der Waals surface area contributed by atoms with Gasteiger partial charge in [-0.1, -0.05) is 0 Å². The molecular formula is C9H10ClNO4. The average Bonchev–Trinajstić information content (AvgIpc) is 2.27. The van der Waals surface area contributed by atoms with Crippen molar-refractivity contribution in [3.05, 3.63) is 29.6 Å². The molecule has 0 fully saturated rings. The molecule has 2 unspecified atom stereocenters. The highest BCUT2D eigenvalue weighted by Crippen LogP contribution is 2.15. The Hall–Kier alpha value is -1.17. The van der Waals surface area contributed by atoms with Crippen molar-refractivity contribution in [1.29, 1.82) is 0 Å². The van der Waals surface area contributed by atoms with Gasteiger partial charge in [-0.2, -0.15) is 0 Å². The van der Waals surface area contributed by atoms with Crippen molar-refractivity contribution < 1.29 is 20.1 Å². The van der Waals surface area contributed by atoms with E-state index in [-0.39, 0.29) is 17.1 Å². The highest BCUT2D eigenvalue weighted by atomic mass is 35.5. The number of aromatic nitrogens is 1. The molecule has 0 aromatic carbocycles. The zero-order valence-corrected chi connectivity index (χ0v) is 8.42. The summed E-state index contributed by atoms with van der Waals surface area (Å²) in [7, 11) is 0. The molecule has 3 N–H and O–H groups in total. The van der Waals surface area contributed by atoms with Crippen molar-refractivity contribution in [2.75, 3.05) is 5.88 Å². The van der Waals surface area contributed by atoms with Crippen LogP contribution in [0.2, 0.25) is 0 Å². The van der Waals surface area contributed by atoms with Crippen molar-refractivity contribution in [3.8, 4) is 0 Å². The molecule has 0 spiro atoms. The molecule has 15 heavy (non-hydrogen) atoms. The van der Waals surface area contributed by atoms with Crippen molar-refractivity contribution in [2.45, 2.75) is 12.2 Å². The average molecular weight is 232 g/mol. The molecule has 1 aromatic heterocycles. The quantitative estimate of drug-likeness (QED) is 0.653. The fourth-order valence-electron chi connectivity index (χ4n) is 0.988. The second kappa shape index (κ2) is 5.06. The Bertz CT molecular complexity index is 340. The van der Waals surface area contributed by atoms with Gasteiger partial charge in [-0.25, -0.2) is 4.79 Å². The number of halogens is 1. The molecule has 1 rings (SSSR count). The van der Waals surface area contributed by atoms with Gasteiger partial charge in [0.15, 0.2) is 0 Å². The van der Waals surface area contributed by atoms with Crippen molar-refractivity contribution in [2.24, 2.45) is 0 Å².